The van der Waals surface area contributed by atoms with E-state index < -0.39 is 0 Å². The van der Waals surface area contributed by atoms with Crippen LogP contribution in [-0.4, -0.2) is 23.4 Å². The van der Waals surface area contributed by atoms with Gasteiger partial charge in [-0.3, -0.25) is 4.68 Å². The molecule has 0 spiro atoms. The first-order valence-electron chi connectivity index (χ1n) is 6.07. The second-order valence-corrected chi connectivity index (χ2v) is 5.36. The number of hydrogen-bond donors (Lipinski definition) is 1. The van der Waals surface area contributed by atoms with Gasteiger partial charge in [-0.1, -0.05) is 34.1 Å². The molecular weight excluding hydrogens is 290 g/mol. The van der Waals surface area contributed by atoms with Crippen LogP contribution in [0.5, 0.6) is 0 Å². The van der Waals surface area contributed by atoms with Crippen molar-refractivity contribution in [1.82, 2.24) is 15.1 Å². The highest BCUT2D eigenvalue weighted by Crippen LogP contribution is 2.27. The Balaban J connectivity index is 2.20. The third kappa shape index (κ3) is 3.21. The monoisotopic (exact) mass is 307 g/mol. The average molecular weight is 308 g/mol. The molecule has 0 saturated heterocycles. The predicted octanol–water partition coefficient (Wildman–Crippen LogP) is 2.73. The zero-order valence-corrected chi connectivity index (χ0v) is 12.3. The third-order valence-electron chi connectivity index (χ3n) is 3.04. The second kappa shape index (κ2) is 6.16. The molecule has 3 nitrogen and oxygen atoms in total. The lowest BCUT2D eigenvalue weighted by Gasteiger charge is -2.17. The van der Waals surface area contributed by atoms with Crippen molar-refractivity contribution < 1.29 is 0 Å². The Morgan fingerprint density at radius 1 is 1.39 bits per heavy atom. The maximum absolute atomic E-state index is 4.23. The van der Waals surface area contributed by atoms with Gasteiger partial charge in [-0.25, -0.2) is 0 Å². The molecule has 1 aromatic carbocycles. The molecule has 0 amide bonds. The molecule has 0 radical (unpaired) electrons. The molecule has 1 heterocycles. The Morgan fingerprint density at radius 3 is 2.78 bits per heavy atom. The van der Waals surface area contributed by atoms with E-state index in [0.29, 0.717) is 5.92 Å². The first kappa shape index (κ1) is 13.3. The summed E-state index contributed by atoms with van der Waals surface area (Å²) >= 11 is 3.64. The number of aromatic nitrogens is 2. The van der Waals surface area contributed by atoms with Gasteiger partial charge in [-0.2, -0.15) is 5.10 Å². The van der Waals surface area contributed by atoms with Crippen LogP contribution in [0.25, 0.3) is 0 Å². The zero-order chi connectivity index (χ0) is 13.0. The lowest BCUT2D eigenvalue weighted by molar-refractivity contribution is 0.623. The minimum Gasteiger partial charge on any atom is -0.319 e. The molecule has 4 heteroatoms. The van der Waals surface area contributed by atoms with Gasteiger partial charge in [0.05, 0.1) is 6.20 Å². The predicted molar refractivity (Wildman–Crippen MR) is 77.7 cm³/mol. The van der Waals surface area contributed by atoms with Crippen molar-refractivity contribution in [1.29, 1.82) is 0 Å². The van der Waals surface area contributed by atoms with E-state index in [-0.39, 0.29) is 0 Å². The summed E-state index contributed by atoms with van der Waals surface area (Å²) in [6.07, 6.45) is 5.02. The van der Waals surface area contributed by atoms with Crippen molar-refractivity contribution in [3.8, 4) is 0 Å². The Bertz CT molecular complexity index is 507. The Kier molecular flexibility index (Phi) is 4.55. The number of likely N-dealkylation sites (N-methyl/N-ethyl adjacent to an activating group) is 1. The Hall–Kier alpha value is -1.13. The number of rotatable bonds is 5. The fourth-order valence-corrected chi connectivity index (χ4v) is 2.81. The van der Waals surface area contributed by atoms with Crippen LogP contribution in [0.1, 0.15) is 17.0 Å². The van der Waals surface area contributed by atoms with Gasteiger partial charge < -0.3 is 5.32 Å². The number of aryl methyl sites for hydroxylation is 1. The summed E-state index contributed by atoms with van der Waals surface area (Å²) in [5.74, 6) is 0.453. The molecule has 2 rings (SSSR count). The molecular formula is C14H18BrN3. The van der Waals surface area contributed by atoms with Crippen LogP contribution in [-0.2, 0) is 13.5 Å². The number of nitrogens with one attached hydrogen (secondary N) is 1. The van der Waals surface area contributed by atoms with Crippen LogP contribution in [0, 0.1) is 0 Å². The Morgan fingerprint density at radius 2 is 2.17 bits per heavy atom. The van der Waals surface area contributed by atoms with Crippen LogP contribution in [0.4, 0.5) is 0 Å². The number of benzene rings is 1. The van der Waals surface area contributed by atoms with E-state index in [1.165, 1.54) is 15.6 Å². The number of nitrogens with zero attached hydrogens (tertiary/aromatic N) is 2. The van der Waals surface area contributed by atoms with E-state index in [4.69, 9.17) is 0 Å². The van der Waals surface area contributed by atoms with Crippen LogP contribution >= 0.6 is 15.9 Å². The molecule has 18 heavy (non-hydrogen) atoms. The van der Waals surface area contributed by atoms with E-state index >= 15 is 0 Å². The molecule has 1 unspecified atom stereocenters. The fraction of sp³-hybridized carbons (Fsp3) is 0.357. The smallest absolute Gasteiger partial charge is 0.0521 e. The van der Waals surface area contributed by atoms with Crippen molar-refractivity contribution in [2.24, 2.45) is 7.05 Å². The van der Waals surface area contributed by atoms with E-state index in [1.54, 1.807) is 0 Å². The number of halogens is 1. The van der Waals surface area contributed by atoms with Gasteiger partial charge in [0.1, 0.15) is 0 Å². The van der Waals surface area contributed by atoms with Crippen LogP contribution in [0.2, 0.25) is 0 Å². The van der Waals surface area contributed by atoms with Gasteiger partial charge in [-0.15, -0.1) is 0 Å². The maximum atomic E-state index is 4.23. The average Bonchev–Trinajstić information content (AvgIpc) is 2.75. The first-order chi connectivity index (χ1) is 8.70. The van der Waals surface area contributed by atoms with Gasteiger partial charge >= 0.3 is 0 Å². The van der Waals surface area contributed by atoms with Gasteiger partial charge in [0.2, 0.25) is 0 Å². The fourth-order valence-electron chi connectivity index (χ4n) is 2.21. The summed E-state index contributed by atoms with van der Waals surface area (Å²) < 4.78 is 3.03. The summed E-state index contributed by atoms with van der Waals surface area (Å²) in [6, 6.07) is 8.42. The highest BCUT2D eigenvalue weighted by Gasteiger charge is 2.15. The summed E-state index contributed by atoms with van der Waals surface area (Å²) in [7, 11) is 3.95. The molecule has 0 aliphatic rings. The van der Waals surface area contributed by atoms with Gasteiger partial charge in [0.15, 0.2) is 0 Å². The van der Waals surface area contributed by atoms with Crippen molar-refractivity contribution >= 4 is 15.9 Å². The molecule has 1 aromatic heterocycles. The molecule has 2 aromatic rings. The molecule has 0 saturated carbocycles. The number of hydrogen-bond acceptors (Lipinski definition) is 2. The van der Waals surface area contributed by atoms with Gasteiger partial charge in [0.25, 0.3) is 0 Å². The lowest BCUT2D eigenvalue weighted by atomic mass is 9.93. The van der Waals surface area contributed by atoms with Crippen molar-refractivity contribution in [3.63, 3.8) is 0 Å². The molecule has 96 valence electrons. The topological polar surface area (TPSA) is 29.9 Å². The van der Waals surface area contributed by atoms with Crippen molar-refractivity contribution in [2.45, 2.75) is 12.3 Å². The van der Waals surface area contributed by atoms with Crippen LogP contribution in [0.15, 0.2) is 41.1 Å². The molecule has 0 aliphatic heterocycles. The van der Waals surface area contributed by atoms with Crippen molar-refractivity contribution in [2.75, 3.05) is 13.6 Å². The first-order valence-corrected chi connectivity index (χ1v) is 6.86. The van der Waals surface area contributed by atoms with Gasteiger partial charge in [-0.05, 0) is 30.7 Å². The minimum absolute atomic E-state index is 0.453. The van der Waals surface area contributed by atoms with E-state index in [9.17, 15) is 0 Å². The van der Waals surface area contributed by atoms with E-state index in [1.807, 2.05) is 31.0 Å². The van der Waals surface area contributed by atoms with Gasteiger partial charge in [0, 0.05) is 30.2 Å². The third-order valence-corrected chi connectivity index (χ3v) is 3.76. The Labute approximate surface area is 116 Å². The quantitative estimate of drug-likeness (QED) is 0.920. The van der Waals surface area contributed by atoms with E-state index in [2.05, 4.69) is 50.7 Å². The standard InChI is InChI=1S/C14H18BrN3/c1-16-9-12(7-11-8-17-18(2)10-11)13-5-3-4-6-14(13)15/h3-6,8,10,12,16H,7,9H2,1-2H3. The SMILES string of the molecule is CNCC(Cc1cnn(C)c1)c1ccccc1Br. The highest BCUT2D eigenvalue weighted by molar-refractivity contribution is 9.10. The summed E-state index contributed by atoms with van der Waals surface area (Å²) in [5.41, 5.74) is 2.62. The molecule has 1 N–H and O–H groups in total. The zero-order valence-electron chi connectivity index (χ0n) is 10.7. The molecule has 1 atom stereocenters. The normalized spacial score (nSPS) is 12.6. The minimum atomic E-state index is 0.453. The maximum Gasteiger partial charge on any atom is 0.0521 e. The second-order valence-electron chi connectivity index (χ2n) is 4.50. The summed E-state index contributed by atoms with van der Waals surface area (Å²) in [4.78, 5) is 0. The van der Waals surface area contributed by atoms with Crippen LogP contribution in [0.3, 0.4) is 0 Å². The lowest BCUT2D eigenvalue weighted by Crippen LogP contribution is -2.19. The molecule has 0 bridgehead atoms. The highest BCUT2D eigenvalue weighted by atomic mass is 79.9. The molecule has 0 aliphatic carbocycles. The largest absolute Gasteiger partial charge is 0.319 e. The van der Waals surface area contributed by atoms with Crippen molar-refractivity contribution in [3.05, 3.63) is 52.3 Å². The van der Waals surface area contributed by atoms with Crippen LogP contribution < -0.4 is 5.32 Å². The summed E-state index contributed by atoms with van der Waals surface area (Å²) in [5, 5.41) is 7.50. The van der Waals surface area contributed by atoms with E-state index in [0.717, 1.165) is 13.0 Å². The summed E-state index contributed by atoms with van der Waals surface area (Å²) in [6.45, 7) is 0.956. The molecule has 0 fully saturated rings.